The molecule has 0 fully saturated rings. The predicted molar refractivity (Wildman–Crippen MR) is 146 cm³/mol. The first-order valence-electron chi connectivity index (χ1n) is 11.8. The fourth-order valence-corrected chi connectivity index (χ4v) is 4.14. The topological polar surface area (TPSA) is 104 Å². The van der Waals surface area contributed by atoms with E-state index in [2.05, 4.69) is 21.7 Å². The molecule has 2 N–H and O–H groups in total. The van der Waals surface area contributed by atoms with Crippen LogP contribution in [-0.4, -0.2) is 23.8 Å². The number of carbonyl (C=O) groups excluding carboxylic acids is 2. The first kappa shape index (κ1) is 25.4. The number of nitriles is 1. The van der Waals surface area contributed by atoms with Crippen LogP contribution in [0.15, 0.2) is 66.9 Å². The second kappa shape index (κ2) is 10.1. The Morgan fingerprint density at radius 1 is 0.973 bits per heavy atom. The Kier molecular flexibility index (Phi) is 6.94. The van der Waals surface area contributed by atoms with Crippen molar-refractivity contribution in [2.24, 2.45) is 0 Å². The fraction of sp³-hybridized carbons (Fsp3) is 0.200. The van der Waals surface area contributed by atoms with Gasteiger partial charge < -0.3 is 15.4 Å². The Labute approximate surface area is 216 Å². The number of hydrogen-bond donors (Lipinski definition) is 2. The number of nitrogens with one attached hydrogen (secondary N) is 2. The van der Waals surface area contributed by atoms with E-state index in [4.69, 9.17) is 4.74 Å². The number of nitrogens with zero attached hydrogens (tertiary/aromatic N) is 2. The van der Waals surface area contributed by atoms with Crippen molar-refractivity contribution in [1.82, 2.24) is 4.98 Å². The van der Waals surface area contributed by atoms with Gasteiger partial charge in [-0.1, -0.05) is 45.0 Å². The highest BCUT2D eigenvalue weighted by Crippen LogP contribution is 2.35. The molecule has 0 saturated heterocycles. The molecule has 3 aromatic carbocycles. The Morgan fingerprint density at radius 3 is 2.35 bits per heavy atom. The van der Waals surface area contributed by atoms with E-state index in [9.17, 15) is 14.9 Å². The van der Waals surface area contributed by atoms with Crippen molar-refractivity contribution < 1.29 is 14.3 Å². The number of fused-ring (bicyclic) bond motifs is 1. The molecule has 0 saturated carbocycles. The summed E-state index contributed by atoms with van der Waals surface area (Å²) in [5.74, 6) is -1.29. The molecule has 1 amide bonds. The van der Waals surface area contributed by atoms with Crippen LogP contribution in [0.1, 0.15) is 48.0 Å². The highest BCUT2D eigenvalue weighted by molar-refractivity contribution is 6.48. The van der Waals surface area contributed by atoms with Gasteiger partial charge in [0, 0.05) is 34.2 Å². The minimum Gasteiger partial charge on any atom is -0.493 e. The first-order chi connectivity index (χ1) is 17.6. The van der Waals surface area contributed by atoms with Crippen molar-refractivity contribution in [1.29, 1.82) is 5.26 Å². The van der Waals surface area contributed by atoms with Crippen LogP contribution in [0.3, 0.4) is 0 Å². The maximum Gasteiger partial charge on any atom is 0.296 e. The molecule has 186 valence electrons. The van der Waals surface area contributed by atoms with Crippen molar-refractivity contribution in [2.45, 2.75) is 33.1 Å². The zero-order valence-corrected chi connectivity index (χ0v) is 21.5. The summed E-state index contributed by atoms with van der Waals surface area (Å²) in [4.78, 5) is 30.8. The van der Waals surface area contributed by atoms with Crippen molar-refractivity contribution >= 4 is 39.5 Å². The highest BCUT2D eigenvalue weighted by atomic mass is 16.5. The van der Waals surface area contributed by atoms with Gasteiger partial charge in [0.05, 0.1) is 18.4 Å². The van der Waals surface area contributed by atoms with Crippen LogP contribution in [0.2, 0.25) is 0 Å². The number of benzene rings is 3. The number of anilines is 3. The van der Waals surface area contributed by atoms with E-state index in [-0.39, 0.29) is 28.0 Å². The summed E-state index contributed by atoms with van der Waals surface area (Å²) >= 11 is 0. The van der Waals surface area contributed by atoms with E-state index in [0.29, 0.717) is 5.39 Å². The minimum absolute atomic E-state index is 0.216. The third kappa shape index (κ3) is 5.29. The van der Waals surface area contributed by atoms with Gasteiger partial charge in [-0.25, -0.2) is 0 Å². The zero-order valence-electron chi connectivity index (χ0n) is 21.5. The normalized spacial score (nSPS) is 11.0. The van der Waals surface area contributed by atoms with Crippen LogP contribution in [0.5, 0.6) is 5.75 Å². The zero-order chi connectivity index (χ0) is 26.7. The average molecular weight is 493 g/mol. The number of ketones is 1. The maximum atomic E-state index is 13.4. The molecular weight excluding hydrogens is 464 g/mol. The molecule has 0 bridgehead atoms. The molecule has 0 aliphatic carbocycles. The fourth-order valence-electron chi connectivity index (χ4n) is 4.14. The highest BCUT2D eigenvalue weighted by Gasteiger charge is 2.24. The van der Waals surface area contributed by atoms with Crippen LogP contribution < -0.4 is 15.4 Å². The molecule has 1 aromatic heterocycles. The summed E-state index contributed by atoms with van der Waals surface area (Å²) in [5, 5.41) is 17.1. The van der Waals surface area contributed by atoms with Crippen molar-refractivity contribution in [2.75, 3.05) is 17.7 Å². The van der Waals surface area contributed by atoms with Gasteiger partial charge in [-0.3, -0.25) is 14.6 Å². The molecule has 0 unspecified atom stereocenters. The lowest BCUT2D eigenvalue weighted by Gasteiger charge is -2.22. The van der Waals surface area contributed by atoms with Gasteiger partial charge in [0.15, 0.2) is 5.75 Å². The van der Waals surface area contributed by atoms with E-state index in [1.54, 1.807) is 30.5 Å². The summed E-state index contributed by atoms with van der Waals surface area (Å²) < 4.78 is 5.41. The molecular formula is C30H28N4O3. The molecule has 0 spiro atoms. The molecule has 0 atom stereocenters. The van der Waals surface area contributed by atoms with E-state index < -0.39 is 11.7 Å². The lowest BCUT2D eigenvalue weighted by atomic mass is 9.85. The largest absolute Gasteiger partial charge is 0.493 e. The van der Waals surface area contributed by atoms with Crippen molar-refractivity contribution in [3.8, 4) is 11.8 Å². The number of rotatable bonds is 6. The lowest BCUT2D eigenvalue weighted by molar-refractivity contribution is -0.112. The van der Waals surface area contributed by atoms with E-state index in [1.807, 2.05) is 64.1 Å². The van der Waals surface area contributed by atoms with Crippen LogP contribution >= 0.6 is 0 Å². The smallest absolute Gasteiger partial charge is 0.296 e. The van der Waals surface area contributed by atoms with E-state index >= 15 is 0 Å². The molecule has 0 radical (unpaired) electrons. The van der Waals surface area contributed by atoms with Crippen LogP contribution in [0.4, 0.5) is 17.1 Å². The Morgan fingerprint density at radius 2 is 1.70 bits per heavy atom. The van der Waals surface area contributed by atoms with Crippen molar-refractivity contribution in [3.63, 3.8) is 0 Å². The van der Waals surface area contributed by atoms with E-state index in [1.165, 1.54) is 7.11 Å². The van der Waals surface area contributed by atoms with Crippen LogP contribution in [-0.2, 0) is 10.2 Å². The summed E-state index contributed by atoms with van der Waals surface area (Å²) in [7, 11) is 1.42. The third-order valence-electron chi connectivity index (χ3n) is 6.08. The number of Topliss-reactive ketones (excluding diaryl/α,β-unsaturated/α-hetero) is 1. The molecule has 1 heterocycles. The second-order valence-corrected chi connectivity index (χ2v) is 9.77. The SMILES string of the molecule is COc1c(C#N)cc(C(C)(C)C)cc1NC(=O)C(=O)c1ccc(Nc2ccnc(C)c2)c2ccccc12. The number of methoxy groups -OCH3 is 1. The van der Waals surface area contributed by atoms with E-state index in [0.717, 1.165) is 28.0 Å². The number of amides is 1. The maximum absolute atomic E-state index is 13.4. The number of carbonyl (C=O) groups is 2. The molecule has 7 nitrogen and oxygen atoms in total. The average Bonchev–Trinajstić information content (AvgIpc) is 2.87. The van der Waals surface area contributed by atoms with Gasteiger partial charge in [0.2, 0.25) is 0 Å². The quantitative estimate of drug-likeness (QED) is 0.242. The molecule has 7 heteroatoms. The molecule has 4 aromatic rings. The number of aromatic nitrogens is 1. The Bertz CT molecular complexity index is 1560. The second-order valence-electron chi connectivity index (χ2n) is 9.77. The first-order valence-corrected chi connectivity index (χ1v) is 11.8. The van der Waals surface area contributed by atoms with Gasteiger partial charge in [0.25, 0.3) is 11.7 Å². The Hall–Kier alpha value is -4.70. The van der Waals surface area contributed by atoms with Gasteiger partial charge in [-0.05, 0) is 59.7 Å². The lowest BCUT2D eigenvalue weighted by Crippen LogP contribution is -2.24. The van der Waals surface area contributed by atoms with Crippen LogP contribution in [0.25, 0.3) is 10.8 Å². The van der Waals surface area contributed by atoms with Gasteiger partial charge >= 0.3 is 0 Å². The van der Waals surface area contributed by atoms with Gasteiger partial charge in [0.1, 0.15) is 6.07 Å². The minimum atomic E-state index is -0.816. The number of ether oxygens (including phenoxy) is 1. The molecule has 37 heavy (non-hydrogen) atoms. The monoisotopic (exact) mass is 492 g/mol. The van der Waals surface area contributed by atoms with Gasteiger partial charge in [-0.2, -0.15) is 5.26 Å². The molecule has 0 aliphatic heterocycles. The number of hydrogen-bond acceptors (Lipinski definition) is 6. The predicted octanol–water partition coefficient (Wildman–Crippen LogP) is 6.29. The summed E-state index contributed by atoms with van der Waals surface area (Å²) in [6.07, 6.45) is 1.72. The number of pyridine rings is 1. The summed E-state index contributed by atoms with van der Waals surface area (Å²) in [6.45, 7) is 7.92. The standard InChI is InChI=1S/C30H28N4O3/c1-18-14-21(12-13-32-18)33-25-11-10-24(22-8-6-7-9-23(22)25)27(35)29(36)34-26-16-20(30(2,3)4)15-19(17-31)28(26)37-5/h6-16H,1-5H3,(H,32,33)(H,34,36). The van der Waals surface area contributed by atoms with Gasteiger partial charge in [-0.15, -0.1) is 0 Å². The summed E-state index contributed by atoms with van der Waals surface area (Å²) in [5.41, 5.74) is 3.93. The Balaban J connectivity index is 1.70. The number of aryl methyl sites for hydroxylation is 1. The molecule has 0 aliphatic rings. The van der Waals surface area contributed by atoms with Crippen molar-refractivity contribution in [3.05, 3.63) is 89.2 Å². The third-order valence-corrected chi connectivity index (χ3v) is 6.08. The summed E-state index contributed by atoms with van der Waals surface area (Å²) in [6, 6.07) is 20.2. The molecule has 4 rings (SSSR count). The van der Waals surface area contributed by atoms with Crippen LogP contribution in [0, 0.1) is 18.3 Å².